The van der Waals surface area contributed by atoms with E-state index < -0.39 is 28.3 Å². The Morgan fingerprint density at radius 1 is 1.63 bits per heavy atom. The molecule has 1 rings (SSSR count). The lowest BCUT2D eigenvalue weighted by atomic mass is 10.2. The minimum Gasteiger partial charge on any atom is -0.490 e. The van der Waals surface area contributed by atoms with E-state index in [9.17, 15) is 19.3 Å². The standard InChI is InChI=1S/C11H12FNO5S/c1-6(11(14)15)5-19-10-4-9(18-2)8(13(16)17)3-7(10)12/h3-4,6H,5H2,1-2H3,(H,14,15). The number of rotatable bonds is 6. The first-order valence-corrected chi connectivity index (χ1v) is 6.23. The largest absolute Gasteiger partial charge is 0.490 e. The number of carbonyl (C=O) groups is 1. The molecular weight excluding hydrogens is 277 g/mol. The van der Waals surface area contributed by atoms with Crippen molar-refractivity contribution >= 4 is 23.4 Å². The molecule has 104 valence electrons. The number of aliphatic carboxylic acids is 1. The fourth-order valence-electron chi connectivity index (χ4n) is 1.23. The molecule has 0 fully saturated rings. The Bertz CT molecular complexity index is 508. The van der Waals surface area contributed by atoms with E-state index in [1.807, 2.05) is 0 Å². The van der Waals surface area contributed by atoms with Crippen LogP contribution in [0.2, 0.25) is 0 Å². The van der Waals surface area contributed by atoms with Gasteiger partial charge in [-0.1, -0.05) is 6.92 Å². The van der Waals surface area contributed by atoms with Crippen molar-refractivity contribution in [1.29, 1.82) is 0 Å². The molecule has 1 aromatic rings. The predicted molar refractivity (Wildman–Crippen MR) is 67.1 cm³/mol. The fraction of sp³-hybridized carbons (Fsp3) is 0.364. The SMILES string of the molecule is COc1cc(SCC(C)C(=O)O)c(F)cc1[N+](=O)[O-]. The zero-order valence-corrected chi connectivity index (χ0v) is 11.1. The Morgan fingerprint density at radius 2 is 2.26 bits per heavy atom. The third-order valence-electron chi connectivity index (χ3n) is 2.34. The predicted octanol–water partition coefficient (Wildman–Crippen LogP) is 2.56. The van der Waals surface area contributed by atoms with Crippen molar-refractivity contribution in [2.75, 3.05) is 12.9 Å². The van der Waals surface area contributed by atoms with Gasteiger partial charge in [0.05, 0.1) is 24.0 Å². The molecule has 8 heteroatoms. The molecular formula is C11H12FNO5S. The summed E-state index contributed by atoms with van der Waals surface area (Å²) in [6, 6.07) is 1.97. The number of nitro benzene ring substituents is 1. The quantitative estimate of drug-likeness (QED) is 0.492. The van der Waals surface area contributed by atoms with Crippen molar-refractivity contribution in [2.45, 2.75) is 11.8 Å². The summed E-state index contributed by atoms with van der Waals surface area (Å²) < 4.78 is 18.5. The molecule has 0 saturated carbocycles. The highest BCUT2D eigenvalue weighted by molar-refractivity contribution is 7.99. The summed E-state index contributed by atoms with van der Waals surface area (Å²) in [5.41, 5.74) is -0.462. The van der Waals surface area contributed by atoms with E-state index in [-0.39, 0.29) is 16.4 Å². The number of hydrogen-bond acceptors (Lipinski definition) is 5. The highest BCUT2D eigenvalue weighted by atomic mass is 32.2. The van der Waals surface area contributed by atoms with E-state index in [2.05, 4.69) is 0 Å². The smallest absolute Gasteiger partial charge is 0.313 e. The van der Waals surface area contributed by atoms with Crippen LogP contribution in [0.4, 0.5) is 10.1 Å². The first kappa shape index (κ1) is 15.2. The normalized spacial score (nSPS) is 11.9. The van der Waals surface area contributed by atoms with Crippen molar-refractivity contribution in [3.8, 4) is 5.75 Å². The van der Waals surface area contributed by atoms with Crippen LogP contribution in [0, 0.1) is 21.8 Å². The molecule has 0 aliphatic rings. The number of ether oxygens (including phenoxy) is 1. The van der Waals surface area contributed by atoms with Gasteiger partial charge in [0.2, 0.25) is 0 Å². The van der Waals surface area contributed by atoms with Gasteiger partial charge >= 0.3 is 11.7 Å². The van der Waals surface area contributed by atoms with Crippen LogP contribution in [0.3, 0.4) is 0 Å². The third kappa shape index (κ3) is 3.82. The Kier molecular flexibility index (Phi) is 5.11. The number of nitro groups is 1. The number of hydrogen-bond donors (Lipinski definition) is 1. The topological polar surface area (TPSA) is 89.7 Å². The number of carboxylic acid groups (broad SMARTS) is 1. The van der Waals surface area contributed by atoms with Crippen LogP contribution in [0.1, 0.15) is 6.92 Å². The molecule has 6 nitrogen and oxygen atoms in total. The highest BCUT2D eigenvalue weighted by Gasteiger charge is 2.20. The minimum absolute atomic E-state index is 0.0584. The van der Waals surface area contributed by atoms with E-state index in [4.69, 9.17) is 9.84 Å². The molecule has 1 unspecified atom stereocenters. The van der Waals surface area contributed by atoms with Gasteiger partial charge in [0, 0.05) is 16.7 Å². The number of nitrogens with zero attached hydrogens (tertiary/aromatic N) is 1. The average molecular weight is 289 g/mol. The zero-order chi connectivity index (χ0) is 14.6. The van der Waals surface area contributed by atoms with E-state index in [1.54, 1.807) is 0 Å². The second-order valence-electron chi connectivity index (χ2n) is 3.76. The van der Waals surface area contributed by atoms with Gasteiger partial charge < -0.3 is 9.84 Å². The van der Waals surface area contributed by atoms with Crippen LogP contribution in [0.5, 0.6) is 5.75 Å². The summed E-state index contributed by atoms with van der Waals surface area (Å²) >= 11 is 0.975. The van der Waals surface area contributed by atoms with Crippen molar-refractivity contribution in [2.24, 2.45) is 5.92 Å². The molecule has 1 N–H and O–H groups in total. The van der Waals surface area contributed by atoms with Crippen molar-refractivity contribution in [3.63, 3.8) is 0 Å². The molecule has 0 aliphatic carbocycles. The van der Waals surface area contributed by atoms with E-state index >= 15 is 0 Å². The lowest BCUT2D eigenvalue weighted by molar-refractivity contribution is -0.386. The van der Waals surface area contributed by atoms with Gasteiger partial charge in [-0.3, -0.25) is 14.9 Å². The molecule has 0 aromatic heterocycles. The number of thioether (sulfide) groups is 1. The summed E-state index contributed by atoms with van der Waals surface area (Å²) in [6.45, 7) is 1.50. The molecule has 1 aromatic carbocycles. The Hall–Kier alpha value is -1.83. The molecule has 0 spiro atoms. The highest BCUT2D eigenvalue weighted by Crippen LogP contribution is 2.34. The number of halogens is 1. The van der Waals surface area contributed by atoms with Crippen LogP contribution in [0.25, 0.3) is 0 Å². The van der Waals surface area contributed by atoms with Crippen molar-refractivity contribution < 1.29 is 24.0 Å². The van der Waals surface area contributed by atoms with Crippen LogP contribution in [0.15, 0.2) is 17.0 Å². The maximum absolute atomic E-state index is 13.7. The van der Waals surface area contributed by atoms with Crippen LogP contribution in [-0.4, -0.2) is 28.9 Å². The van der Waals surface area contributed by atoms with Gasteiger partial charge in [-0.2, -0.15) is 0 Å². The van der Waals surface area contributed by atoms with E-state index in [1.165, 1.54) is 20.1 Å². The van der Waals surface area contributed by atoms with Gasteiger partial charge in [-0.25, -0.2) is 4.39 Å². The van der Waals surface area contributed by atoms with Gasteiger partial charge in [0.25, 0.3) is 0 Å². The van der Waals surface area contributed by atoms with Crippen LogP contribution < -0.4 is 4.74 Å². The molecule has 19 heavy (non-hydrogen) atoms. The molecule has 0 aliphatic heterocycles. The summed E-state index contributed by atoms with van der Waals surface area (Å²) in [5, 5.41) is 19.4. The Balaban J connectivity index is 2.97. The van der Waals surface area contributed by atoms with Crippen LogP contribution >= 0.6 is 11.8 Å². The molecule has 1 atom stereocenters. The first-order valence-electron chi connectivity index (χ1n) is 5.24. The molecule has 0 saturated heterocycles. The third-order valence-corrected chi connectivity index (χ3v) is 3.63. The second-order valence-corrected chi connectivity index (χ2v) is 4.82. The summed E-state index contributed by atoms with van der Waals surface area (Å²) in [5.74, 6) is -2.30. The molecule has 0 amide bonds. The first-order chi connectivity index (χ1) is 8.86. The Morgan fingerprint density at radius 3 is 2.74 bits per heavy atom. The number of benzene rings is 1. The van der Waals surface area contributed by atoms with Crippen LogP contribution in [-0.2, 0) is 4.79 Å². The Labute approximate surface area is 112 Å². The van der Waals surface area contributed by atoms with Gasteiger partial charge in [0.1, 0.15) is 5.82 Å². The van der Waals surface area contributed by atoms with E-state index in [0.29, 0.717) is 0 Å². The minimum atomic E-state index is -0.984. The number of methoxy groups -OCH3 is 1. The average Bonchev–Trinajstić information content (AvgIpc) is 2.36. The van der Waals surface area contributed by atoms with Gasteiger partial charge in [0.15, 0.2) is 5.75 Å². The van der Waals surface area contributed by atoms with Crippen molar-refractivity contribution in [1.82, 2.24) is 0 Å². The molecule has 0 radical (unpaired) electrons. The lowest BCUT2D eigenvalue weighted by Gasteiger charge is -2.08. The second kappa shape index (κ2) is 6.37. The maximum atomic E-state index is 13.7. The van der Waals surface area contributed by atoms with Gasteiger partial charge in [-0.05, 0) is 0 Å². The monoisotopic (exact) mass is 289 g/mol. The zero-order valence-electron chi connectivity index (χ0n) is 10.3. The fourth-order valence-corrected chi connectivity index (χ4v) is 2.19. The van der Waals surface area contributed by atoms with Crippen molar-refractivity contribution in [3.05, 3.63) is 28.1 Å². The van der Waals surface area contributed by atoms with Gasteiger partial charge in [-0.15, -0.1) is 11.8 Å². The summed E-state index contributed by atoms with van der Waals surface area (Å²) in [6.07, 6.45) is 0. The maximum Gasteiger partial charge on any atom is 0.313 e. The number of carboxylic acids is 1. The molecule has 0 bridgehead atoms. The molecule has 0 heterocycles. The van der Waals surface area contributed by atoms with E-state index in [0.717, 1.165) is 17.8 Å². The lowest BCUT2D eigenvalue weighted by Crippen LogP contribution is -2.11. The summed E-state index contributed by atoms with van der Waals surface area (Å²) in [4.78, 5) is 20.7. The summed E-state index contributed by atoms with van der Waals surface area (Å²) in [7, 11) is 1.24.